The highest BCUT2D eigenvalue weighted by atomic mass is 32.2. The first-order valence-electron chi connectivity index (χ1n) is 48.2. The minimum Gasteiger partial charge on any atom is -0.312 e. The van der Waals surface area contributed by atoms with Gasteiger partial charge in [-0.2, -0.15) is 0 Å². The lowest BCUT2D eigenvalue weighted by molar-refractivity contribution is -0.126. The Bertz CT molecular complexity index is 4800. The number of nitrogens with one attached hydrogen (secondary N) is 2. The van der Waals surface area contributed by atoms with Crippen LogP contribution in [0.5, 0.6) is 0 Å². The standard InChI is InChI=1S/2C14H23NO2S.2C12H16O.C11H16O2S.C10H14O2S.C8H16O2S.C8H18.C8H16.C7H14O2S.C7H14.C2H6/c2*1-14(2,3)15-10-7-11-18(16,17)12-13-8-5-4-6-9-13;2*1-12(2,3)11(13)9-10-7-5-4-6-8-10;1-11(2,3)14(12,13)9-10-7-5-4-6-8-10;1-10(2,3)13(11,12)9-7-5-4-6-8-9;1-8(2,3)11(9,10)6-7-4-5-7;1-7(2,3)8(4,5)6;1-5-6-7-8(2,3)4;1-7(2,3)10(8,9)6-4-5-6;1-5-6-7(2,3)4;1-2/h2*4-6,8-9,15H,7,10-12H2,1-3H3;2*4-8H,9H2,1-3H3;4-8H,9H2,1-3H3;4-8H,1-3H3;7H,4-6H2,1-3H3;1-6H3;5H,1,6-7H2,2-4H3;6H,4-5H2,1-3H3;5H,1,6H2,2-4H3;1-2H3. The minimum atomic E-state index is -3.18. The van der Waals surface area contributed by atoms with E-state index in [9.17, 15) is 60.1 Å². The lowest BCUT2D eigenvalue weighted by atomic mass is 9.71. The maximum Gasteiger partial charge on any atom is 0.183 e. The third kappa shape index (κ3) is 68.5. The second-order valence-corrected chi connectivity index (χ2v) is 62.9. The molecule has 774 valence electrons. The number of sulfone groups is 6. The minimum absolute atomic E-state index is 0.0208. The molecule has 0 saturated heterocycles. The van der Waals surface area contributed by atoms with Gasteiger partial charge < -0.3 is 10.6 Å². The van der Waals surface area contributed by atoms with Gasteiger partial charge in [0, 0.05) is 34.7 Å². The smallest absolute Gasteiger partial charge is 0.183 e. The van der Waals surface area contributed by atoms with Gasteiger partial charge in [-0.3, -0.25) is 9.59 Å². The zero-order valence-corrected chi connectivity index (χ0v) is 96.5. The van der Waals surface area contributed by atoms with Crippen LogP contribution in [-0.4, -0.2) is 128 Å². The second-order valence-electron chi connectivity index (χ2n) is 47.3. The van der Waals surface area contributed by atoms with Gasteiger partial charge in [-0.25, -0.2) is 50.5 Å². The van der Waals surface area contributed by atoms with Crippen LogP contribution in [0.3, 0.4) is 0 Å². The fourth-order valence-corrected chi connectivity index (χ4v) is 18.4. The van der Waals surface area contributed by atoms with Crippen LogP contribution in [0.2, 0.25) is 0 Å². The Morgan fingerprint density at radius 3 is 0.815 bits per heavy atom. The van der Waals surface area contributed by atoms with Crippen molar-refractivity contribution in [2.45, 2.75) is 391 Å². The van der Waals surface area contributed by atoms with Crippen LogP contribution in [-0.2, 0) is 98.7 Å². The van der Waals surface area contributed by atoms with Gasteiger partial charge in [0.25, 0.3) is 0 Å². The van der Waals surface area contributed by atoms with E-state index in [0.717, 1.165) is 79.4 Å². The van der Waals surface area contributed by atoms with E-state index in [1.54, 1.807) is 107 Å². The molecule has 0 radical (unpaired) electrons. The molecule has 0 aliphatic heterocycles. The summed E-state index contributed by atoms with van der Waals surface area (Å²) in [7, 11) is -17.8. The van der Waals surface area contributed by atoms with Crippen molar-refractivity contribution in [3.63, 3.8) is 0 Å². The van der Waals surface area contributed by atoms with Crippen molar-refractivity contribution in [2.75, 3.05) is 30.3 Å². The summed E-state index contributed by atoms with van der Waals surface area (Å²) in [5.74, 6) is 2.34. The molecule has 16 nitrogen and oxygen atoms in total. The van der Waals surface area contributed by atoms with Gasteiger partial charge in [-0.15, -0.1) is 13.2 Å². The predicted molar refractivity (Wildman–Crippen MR) is 585 cm³/mol. The van der Waals surface area contributed by atoms with Crippen LogP contribution in [0, 0.1) is 38.4 Å². The van der Waals surface area contributed by atoms with E-state index in [1.165, 1.54) is 6.42 Å². The Balaban J connectivity index is -0.000000705. The average Bonchev–Trinajstić information content (AvgIpc) is 1.78. The third-order valence-corrected chi connectivity index (χ3v) is 35.4. The topological polar surface area (TPSA) is 263 Å². The summed E-state index contributed by atoms with van der Waals surface area (Å²) in [6.07, 6.45) is 13.8. The maximum atomic E-state index is 11.9. The van der Waals surface area contributed by atoms with Gasteiger partial charge in [0.2, 0.25) is 0 Å². The van der Waals surface area contributed by atoms with Crippen LogP contribution >= 0.6 is 0 Å². The highest BCUT2D eigenvalue weighted by Gasteiger charge is 2.43. The number of carbonyl (C=O) groups excluding carboxylic acids is 2. The highest BCUT2D eigenvalue weighted by Crippen LogP contribution is 2.38. The fraction of sp³-hybridized carbons (Fsp3) is 0.628. The molecular weight excluding hydrogens is 1800 g/mol. The molecule has 6 aromatic rings. The number of carbonyl (C=O) groups is 2. The summed E-state index contributed by atoms with van der Waals surface area (Å²) >= 11 is 0. The van der Waals surface area contributed by atoms with Crippen molar-refractivity contribution in [1.29, 1.82) is 0 Å². The maximum absolute atomic E-state index is 11.9. The Morgan fingerprint density at radius 1 is 0.341 bits per heavy atom. The molecule has 0 atom stereocenters. The first-order valence-corrected chi connectivity index (χ1v) is 58.2. The largest absolute Gasteiger partial charge is 0.312 e. The number of hydrogen-bond donors (Lipinski definition) is 2. The van der Waals surface area contributed by atoms with Gasteiger partial charge >= 0.3 is 0 Å². The monoisotopic (exact) mass is 1990 g/mol. The summed E-state index contributed by atoms with van der Waals surface area (Å²) < 4.78 is 138. The average molecular weight is 2000 g/mol. The number of rotatable bonds is 25. The molecule has 6 aromatic carbocycles. The van der Waals surface area contributed by atoms with E-state index in [4.69, 9.17) is 0 Å². The first kappa shape index (κ1) is 135. The molecule has 8 rings (SSSR count). The van der Waals surface area contributed by atoms with E-state index in [1.807, 2.05) is 225 Å². The van der Waals surface area contributed by atoms with Gasteiger partial charge in [0.05, 0.1) is 63.7 Å². The van der Waals surface area contributed by atoms with E-state index in [2.05, 4.69) is 148 Å². The predicted octanol–water partition coefficient (Wildman–Crippen LogP) is 27.8. The van der Waals surface area contributed by atoms with Gasteiger partial charge in [-0.05, 0) is 263 Å². The molecule has 135 heavy (non-hydrogen) atoms. The molecule has 0 spiro atoms. The molecule has 2 saturated carbocycles. The zero-order valence-electron chi connectivity index (χ0n) is 91.6. The molecule has 0 amide bonds. The molecule has 2 N–H and O–H groups in total. The summed E-state index contributed by atoms with van der Waals surface area (Å²) in [5.41, 5.74) is 6.20. The summed E-state index contributed by atoms with van der Waals surface area (Å²) in [4.78, 5) is 23.7. The Labute approximate surface area is 830 Å². The normalized spacial score (nSPS) is 13.5. The molecule has 2 aliphatic rings. The van der Waals surface area contributed by atoms with Crippen molar-refractivity contribution >= 4 is 70.6 Å². The van der Waals surface area contributed by atoms with Crippen LogP contribution in [0.25, 0.3) is 0 Å². The van der Waals surface area contributed by atoms with Crippen molar-refractivity contribution in [2.24, 2.45) is 38.4 Å². The van der Waals surface area contributed by atoms with Crippen LogP contribution in [0.1, 0.15) is 349 Å². The molecule has 22 heteroatoms. The fourth-order valence-electron chi connectivity index (χ4n) is 10.1. The first-order chi connectivity index (χ1) is 60.8. The quantitative estimate of drug-likeness (QED) is 0.0398. The molecule has 2 aliphatic carbocycles. The molecule has 0 unspecified atom stereocenters. The van der Waals surface area contributed by atoms with Gasteiger partial charge in [0.15, 0.2) is 59.0 Å². The Kier molecular flexibility index (Phi) is 60.1. The van der Waals surface area contributed by atoms with Crippen LogP contribution in [0.4, 0.5) is 0 Å². The number of Topliss-reactive ketones (excluding diaryl/α,β-unsaturated/α-hetero) is 2. The molecule has 0 heterocycles. The summed E-state index contributed by atoms with van der Waals surface area (Å²) in [6.45, 7) is 84.8. The molecule has 2 fully saturated rings. The zero-order chi connectivity index (χ0) is 106. The van der Waals surface area contributed by atoms with E-state index in [0.29, 0.717) is 75.5 Å². The molecule has 0 aromatic heterocycles. The number of hydrogen-bond acceptors (Lipinski definition) is 16. The van der Waals surface area contributed by atoms with Crippen molar-refractivity contribution in [3.8, 4) is 0 Å². The van der Waals surface area contributed by atoms with E-state index < -0.39 is 78.0 Å². The molecule has 0 bridgehead atoms. The summed E-state index contributed by atoms with van der Waals surface area (Å²) in [5, 5.41) is 6.57. The second kappa shape index (κ2) is 60.1. The van der Waals surface area contributed by atoms with E-state index in [-0.39, 0.29) is 55.9 Å². The number of allylic oxidation sites excluding steroid dienone is 2. The van der Waals surface area contributed by atoms with Crippen LogP contribution < -0.4 is 10.6 Å². The Hall–Kier alpha value is -6.24. The summed E-state index contributed by atoms with van der Waals surface area (Å²) in [6, 6.07) is 56.2. The third-order valence-electron chi connectivity index (χ3n) is 21.1. The SMILES string of the molecule is C=CCC(C)(C)C.C=CCCC(C)(C)C.CC.CC(C)(C)C(=O)Cc1ccccc1.CC(C)(C)C(=O)Cc1ccccc1.CC(C)(C)C(C)(C)C.CC(C)(C)NCCCS(=O)(=O)Cc1ccccc1.CC(C)(C)NCCCS(=O)(=O)Cc1ccccc1.CC(C)(C)S(=O)(=O)C1CC1.CC(C)(C)S(=O)(=O)CC1CC1.CC(C)(C)S(=O)(=O)Cc1ccccc1.CC(C)(C)S(=O)(=O)c1ccccc1. The number of benzene rings is 6. The molecular formula is C113H192N2O14S6. The lowest BCUT2D eigenvalue weighted by Crippen LogP contribution is -2.37. The van der Waals surface area contributed by atoms with Crippen molar-refractivity contribution < 1.29 is 60.1 Å². The highest BCUT2D eigenvalue weighted by molar-refractivity contribution is 7.94. The lowest BCUT2D eigenvalue weighted by Gasteiger charge is -2.34. The van der Waals surface area contributed by atoms with Gasteiger partial charge in [0.1, 0.15) is 11.6 Å². The van der Waals surface area contributed by atoms with Crippen molar-refractivity contribution in [3.05, 3.63) is 235 Å². The Morgan fingerprint density at radius 2 is 0.622 bits per heavy atom. The van der Waals surface area contributed by atoms with E-state index >= 15 is 0 Å². The number of ketones is 2. The van der Waals surface area contributed by atoms with Gasteiger partial charge in [-0.1, -0.05) is 320 Å². The van der Waals surface area contributed by atoms with Crippen LogP contribution in [0.15, 0.2) is 212 Å². The van der Waals surface area contributed by atoms with Crippen molar-refractivity contribution in [1.82, 2.24) is 10.6 Å².